The molecule has 0 saturated heterocycles. The Morgan fingerprint density at radius 1 is 1.09 bits per heavy atom. The third-order valence-corrected chi connectivity index (χ3v) is 4.22. The van der Waals surface area contributed by atoms with E-state index >= 15 is 0 Å². The average Bonchev–Trinajstić information content (AvgIpc) is 2.74. The normalized spacial score (nSPS) is 14.5. The van der Waals surface area contributed by atoms with Gasteiger partial charge in [0.05, 0.1) is 31.0 Å². The van der Waals surface area contributed by atoms with Gasteiger partial charge in [-0.2, -0.15) is 0 Å². The Kier molecular flexibility index (Phi) is 2.84. The first kappa shape index (κ1) is 13.7. The van der Waals surface area contributed by atoms with Crippen LogP contribution in [0.2, 0.25) is 0 Å². The van der Waals surface area contributed by atoms with Gasteiger partial charge in [-0.15, -0.1) is 0 Å². The van der Waals surface area contributed by atoms with Crippen LogP contribution >= 0.6 is 0 Å². The first-order chi connectivity index (χ1) is 11.1. The van der Waals surface area contributed by atoms with E-state index in [1.54, 1.807) is 38.3 Å². The third-order valence-electron chi connectivity index (χ3n) is 4.22. The first-order valence-corrected chi connectivity index (χ1v) is 7.21. The molecule has 0 radical (unpaired) electrons. The number of fused-ring (bicyclic) bond motifs is 1. The zero-order chi connectivity index (χ0) is 16.1. The van der Waals surface area contributed by atoms with Crippen molar-refractivity contribution in [2.24, 2.45) is 0 Å². The molecule has 2 aromatic carbocycles. The van der Waals surface area contributed by atoms with Crippen LogP contribution in [0.5, 0.6) is 23.0 Å². The van der Waals surface area contributed by atoms with E-state index in [-0.39, 0.29) is 5.91 Å². The molecule has 0 aliphatic carbocycles. The van der Waals surface area contributed by atoms with Crippen molar-refractivity contribution in [2.75, 3.05) is 21.3 Å². The molecule has 0 N–H and O–H groups in total. The van der Waals surface area contributed by atoms with E-state index in [2.05, 4.69) is 0 Å². The highest BCUT2D eigenvalue weighted by molar-refractivity contribution is 6.13. The van der Waals surface area contributed by atoms with Crippen molar-refractivity contribution < 1.29 is 19.0 Å². The van der Waals surface area contributed by atoms with Gasteiger partial charge in [0.1, 0.15) is 11.5 Å². The van der Waals surface area contributed by atoms with Crippen molar-refractivity contribution in [2.45, 2.75) is 0 Å². The van der Waals surface area contributed by atoms with E-state index in [9.17, 15) is 4.79 Å². The van der Waals surface area contributed by atoms with Crippen molar-refractivity contribution in [1.82, 2.24) is 4.90 Å². The molecule has 2 aromatic rings. The molecule has 0 saturated carbocycles. The zero-order valence-electron chi connectivity index (χ0n) is 13.0. The van der Waals surface area contributed by atoms with Crippen molar-refractivity contribution in [3.8, 4) is 23.0 Å². The molecule has 23 heavy (non-hydrogen) atoms. The molecule has 116 valence electrons. The molecule has 0 aromatic heterocycles. The van der Waals surface area contributed by atoms with Crippen LogP contribution in [0.25, 0.3) is 11.8 Å². The van der Waals surface area contributed by atoms with E-state index in [1.165, 1.54) is 0 Å². The van der Waals surface area contributed by atoms with Gasteiger partial charge in [0, 0.05) is 12.6 Å². The fourth-order valence-corrected chi connectivity index (χ4v) is 3.00. The average molecular weight is 309 g/mol. The lowest BCUT2D eigenvalue weighted by atomic mass is 10.1. The summed E-state index contributed by atoms with van der Waals surface area (Å²) in [6, 6.07) is 9.12. The maximum atomic E-state index is 12.5. The molecule has 0 fully saturated rings. The molecule has 4 rings (SSSR count). The molecule has 2 aliphatic rings. The lowest BCUT2D eigenvalue weighted by Gasteiger charge is -2.13. The maximum Gasteiger partial charge on any atom is 0.258 e. The number of hydrogen-bond acceptors (Lipinski definition) is 4. The fraction of sp³-hybridized carbons (Fsp3) is 0.167. The second-order valence-electron chi connectivity index (χ2n) is 5.42. The monoisotopic (exact) mass is 309 g/mol. The molecule has 1 amide bonds. The highest BCUT2D eigenvalue weighted by Crippen LogP contribution is 2.49. The van der Waals surface area contributed by atoms with Gasteiger partial charge in [-0.25, -0.2) is 0 Å². The minimum absolute atomic E-state index is 0.0508. The lowest BCUT2D eigenvalue weighted by Crippen LogP contribution is -2.16. The number of amides is 1. The highest BCUT2D eigenvalue weighted by atomic mass is 16.5. The van der Waals surface area contributed by atoms with E-state index in [4.69, 9.17) is 14.2 Å². The van der Waals surface area contributed by atoms with Crippen molar-refractivity contribution in [1.29, 1.82) is 0 Å². The third kappa shape index (κ3) is 1.83. The molecule has 5 nitrogen and oxygen atoms in total. The minimum atomic E-state index is -0.0508. The quantitative estimate of drug-likeness (QED) is 0.853. The molecule has 5 heteroatoms. The second-order valence-corrected chi connectivity index (χ2v) is 5.42. The summed E-state index contributed by atoms with van der Waals surface area (Å²) in [5.74, 6) is 2.54. The number of hydrogen-bond donors (Lipinski definition) is 0. The van der Waals surface area contributed by atoms with Crippen LogP contribution in [0.4, 0.5) is 0 Å². The summed E-state index contributed by atoms with van der Waals surface area (Å²) in [5.41, 5.74) is 3.04. The summed E-state index contributed by atoms with van der Waals surface area (Å²) >= 11 is 0. The first-order valence-electron chi connectivity index (χ1n) is 7.21. The molecule has 0 unspecified atom stereocenters. The van der Waals surface area contributed by atoms with Gasteiger partial charge in [-0.3, -0.25) is 4.79 Å². The lowest BCUT2D eigenvalue weighted by molar-refractivity contribution is 0.0875. The van der Waals surface area contributed by atoms with E-state index < -0.39 is 0 Å². The smallest absolute Gasteiger partial charge is 0.258 e. The summed E-state index contributed by atoms with van der Waals surface area (Å²) in [4.78, 5) is 14.1. The Hall–Kier alpha value is -2.95. The van der Waals surface area contributed by atoms with Crippen molar-refractivity contribution in [3.05, 3.63) is 47.0 Å². The molecule has 2 heterocycles. The van der Waals surface area contributed by atoms with Gasteiger partial charge >= 0.3 is 0 Å². The fourth-order valence-electron chi connectivity index (χ4n) is 3.00. The predicted octanol–water partition coefficient (Wildman–Crippen LogP) is 3.39. The SMILES string of the molecule is COc1ccc2c(c1)C=C1c3c(ccc(OC)c3O2)C(=O)N1C. The van der Waals surface area contributed by atoms with Gasteiger partial charge < -0.3 is 19.1 Å². The summed E-state index contributed by atoms with van der Waals surface area (Å²) in [5, 5.41) is 0. The summed E-state index contributed by atoms with van der Waals surface area (Å²) < 4.78 is 16.8. The van der Waals surface area contributed by atoms with Gasteiger partial charge in [-0.05, 0) is 36.4 Å². The Morgan fingerprint density at radius 2 is 1.91 bits per heavy atom. The number of carbonyl (C=O) groups is 1. The zero-order valence-corrected chi connectivity index (χ0v) is 13.0. The van der Waals surface area contributed by atoms with E-state index in [0.717, 1.165) is 22.6 Å². The van der Waals surface area contributed by atoms with Gasteiger partial charge in [-0.1, -0.05) is 0 Å². The molecular formula is C18H15NO4. The molecule has 0 atom stereocenters. The second kappa shape index (κ2) is 4.78. The van der Waals surface area contributed by atoms with Crippen LogP contribution in [0.3, 0.4) is 0 Å². The summed E-state index contributed by atoms with van der Waals surface area (Å²) in [6.07, 6.45) is 1.94. The maximum absolute atomic E-state index is 12.5. The van der Waals surface area contributed by atoms with Crippen molar-refractivity contribution in [3.63, 3.8) is 0 Å². The van der Waals surface area contributed by atoms with Gasteiger partial charge in [0.15, 0.2) is 11.5 Å². The number of carbonyl (C=O) groups excluding carboxylic acids is 1. The molecular weight excluding hydrogens is 294 g/mol. The number of benzene rings is 2. The number of methoxy groups -OCH3 is 2. The Morgan fingerprint density at radius 3 is 2.65 bits per heavy atom. The van der Waals surface area contributed by atoms with Gasteiger partial charge in [0.2, 0.25) is 0 Å². The summed E-state index contributed by atoms with van der Waals surface area (Å²) in [6.45, 7) is 0. The highest BCUT2D eigenvalue weighted by Gasteiger charge is 2.36. The van der Waals surface area contributed by atoms with E-state index in [1.807, 2.05) is 24.3 Å². The van der Waals surface area contributed by atoms with Crippen LogP contribution in [0, 0.1) is 0 Å². The molecule has 0 spiro atoms. The largest absolute Gasteiger partial charge is 0.497 e. The predicted molar refractivity (Wildman–Crippen MR) is 86.0 cm³/mol. The minimum Gasteiger partial charge on any atom is -0.497 e. The van der Waals surface area contributed by atoms with Crippen molar-refractivity contribution >= 4 is 17.7 Å². The van der Waals surface area contributed by atoms with Gasteiger partial charge in [0.25, 0.3) is 5.91 Å². The topological polar surface area (TPSA) is 48.0 Å². The molecule has 2 aliphatic heterocycles. The number of ether oxygens (including phenoxy) is 3. The van der Waals surface area contributed by atoms with Crippen LogP contribution in [0.15, 0.2) is 30.3 Å². The van der Waals surface area contributed by atoms with E-state index in [0.29, 0.717) is 22.8 Å². The number of nitrogens with zero attached hydrogens (tertiary/aromatic N) is 1. The Bertz CT molecular complexity index is 870. The Labute approximate surface area is 133 Å². The standard InChI is InChI=1S/C18H15NO4/c1-19-13-9-10-8-11(21-2)4-6-14(10)23-17-15(22-3)7-5-12(16(13)17)18(19)20/h4-9H,1-3H3. The van der Waals surface area contributed by atoms with Crippen LogP contribution in [-0.4, -0.2) is 32.1 Å². The summed E-state index contributed by atoms with van der Waals surface area (Å²) in [7, 11) is 4.97. The van der Waals surface area contributed by atoms with Crippen LogP contribution < -0.4 is 14.2 Å². The number of rotatable bonds is 2. The van der Waals surface area contributed by atoms with Crippen LogP contribution in [-0.2, 0) is 0 Å². The molecule has 0 bridgehead atoms. The van der Waals surface area contributed by atoms with Crippen LogP contribution in [0.1, 0.15) is 21.5 Å². The Balaban J connectivity index is 2.03.